The van der Waals surface area contributed by atoms with E-state index >= 15 is 0 Å². The first-order valence-corrected chi connectivity index (χ1v) is 9.73. The van der Waals surface area contributed by atoms with Crippen molar-refractivity contribution in [2.24, 2.45) is 34.5 Å². The van der Waals surface area contributed by atoms with Crippen molar-refractivity contribution in [2.75, 3.05) is 0 Å². The van der Waals surface area contributed by atoms with Gasteiger partial charge in [-0.15, -0.1) is 0 Å². The topological polar surface area (TPSA) is 17.1 Å². The summed E-state index contributed by atoms with van der Waals surface area (Å²) >= 11 is 0. The third-order valence-electron chi connectivity index (χ3n) is 8.65. The number of carbonyl (C=O) groups is 1. The molecule has 4 aliphatic carbocycles. The van der Waals surface area contributed by atoms with Gasteiger partial charge in [-0.05, 0) is 85.5 Å². The maximum Gasteiger partial charge on any atom is 0.155 e. The molecule has 22 heavy (non-hydrogen) atoms. The molecule has 6 atom stereocenters. The summed E-state index contributed by atoms with van der Waals surface area (Å²) < 4.78 is 0. The molecule has 0 saturated heterocycles. The van der Waals surface area contributed by atoms with Crippen molar-refractivity contribution in [3.8, 4) is 0 Å². The highest BCUT2D eigenvalue weighted by molar-refractivity contribution is 5.91. The molecule has 3 saturated carbocycles. The van der Waals surface area contributed by atoms with E-state index in [0.29, 0.717) is 16.6 Å². The van der Waals surface area contributed by atoms with Crippen LogP contribution in [-0.2, 0) is 4.79 Å². The second-order valence-electron chi connectivity index (χ2n) is 9.20. The molecule has 0 heterocycles. The maximum absolute atomic E-state index is 11.9. The van der Waals surface area contributed by atoms with E-state index in [1.807, 2.05) is 6.08 Å². The molecule has 122 valence electrons. The van der Waals surface area contributed by atoms with E-state index in [1.165, 1.54) is 50.5 Å². The van der Waals surface area contributed by atoms with Crippen LogP contribution >= 0.6 is 0 Å². The zero-order valence-electron chi connectivity index (χ0n) is 14.7. The van der Waals surface area contributed by atoms with Crippen LogP contribution < -0.4 is 0 Å². The molecule has 0 spiro atoms. The summed E-state index contributed by atoms with van der Waals surface area (Å²) in [6, 6.07) is 0. The molecule has 1 nitrogen and oxygen atoms in total. The Hall–Kier alpha value is -0.590. The molecule has 0 aromatic heterocycles. The van der Waals surface area contributed by atoms with Crippen LogP contribution in [-0.4, -0.2) is 5.78 Å². The molecular weight excluding hydrogens is 268 g/mol. The first-order chi connectivity index (χ1) is 10.5. The Morgan fingerprint density at radius 3 is 2.64 bits per heavy atom. The van der Waals surface area contributed by atoms with Gasteiger partial charge in [-0.25, -0.2) is 0 Å². The Morgan fingerprint density at radius 2 is 1.86 bits per heavy atom. The summed E-state index contributed by atoms with van der Waals surface area (Å²) in [5.41, 5.74) is 2.49. The highest BCUT2D eigenvalue weighted by Crippen LogP contribution is 2.66. The minimum absolute atomic E-state index is 0.350. The Bertz CT molecular complexity index is 518. The number of fused-ring (bicyclic) bond motifs is 5. The summed E-state index contributed by atoms with van der Waals surface area (Å²) in [6.07, 6.45) is 13.7. The van der Waals surface area contributed by atoms with Crippen LogP contribution in [0, 0.1) is 34.5 Å². The third-order valence-corrected chi connectivity index (χ3v) is 8.65. The lowest BCUT2D eigenvalue weighted by Gasteiger charge is -2.58. The molecule has 1 heteroatoms. The second-order valence-corrected chi connectivity index (χ2v) is 9.20. The number of carbonyl (C=O) groups excluding carboxylic acids is 1. The monoisotopic (exact) mass is 300 g/mol. The minimum Gasteiger partial charge on any atom is -0.295 e. The Morgan fingerprint density at radius 1 is 1.05 bits per heavy atom. The van der Waals surface area contributed by atoms with Gasteiger partial charge >= 0.3 is 0 Å². The number of ketones is 1. The van der Waals surface area contributed by atoms with E-state index in [2.05, 4.69) is 20.8 Å². The molecule has 0 radical (unpaired) electrons. The zero-order chi connectivity index (χ0) is 15.5. The Kier molecular flexibility index (Phi) is 3.37. The molecule has 0 amide bonds. The molecule has 0 N–H and O–H groups in total. The number of hydrogen-bond acceptors (Lipinski definition) is 1. The van der Waals surface area contributed by atoms with Crippen molar-refractivity contribution in [3.63, 3.8) is 0 Å². The number of hydrogen-bond donors (Lipinski definition) is 0. The Balaban J connectivity index is 1.67. The van der Waals surface area contributed by atoms with Crippen molar-refractivity contribution in [3.05, 3.63) is 11.6 Å². The van der Waals surface area contributed by atoms with Gasteiger partial charge in [0.1, 0.15) is 0 Å². The van der Waals surface area contributed by atoms with Gasteiger partial charge in [0, 0.05) is 6.42 Å². The van der Waals surface area contributed by atoms with Gasteiger partial charge in [0.05, 0.1) is 0 Å². The largest absolute Gasteiger partial charge is 0.295 e. The van der Waals surface area contributed by atoms with Gasteiger partial charge in [0.25, 0.3) is 0 Å². The lowest BCUT2D eigenvalue weighted by molar-refractivity contribution is -0.117. The van der Waals surface area contributed by atoms with Crippen molar-refractivity contribution >= 4 is 5.78 Å². The van der Waals surface area contributed by atoms with Gasteiger partial charge in [-0.1, -0.05) is 32.8 Å². The van der Waals surface area contributed by atoms with Crippen LogP contribution in [0.3, 0.4) is 0 Å². The maximum atomic E-state index is 11.9. The van der Waals surface area contributed by atoms with Crippen LogP contribution in [0.1, 0.15) is 78.6 Å². The lowest BCUT2D eigenvalue weighted by Crippen LogP contribution is -2.50. The molecule has 3 fully saturated rings. The van der Waals surface area contributed by atoms with Crippen LogP contribution in [0.5, 0.6) is 0 Å². The average molecular weight is 300 g/mol. The average Bonchev–Trinajstić information content (AvgIpc) is 2.84. The second kappa shape index (κ2) is 4.95. The van der Waals surface area contributed by atoms with Crippen molar-refractivity contribution in [1.29, 1.82) is 0 Å². The summed E-state index contributed by atoms with van der Waals surface area (Å²) in [4.78, 5) is 11.9. The zero-order valence-corrected chi connectivity index (χ0v) is 14.7. The van der Waals surface area contributed by atoms with E-state index in [0.717, 1.165) is 36.5 Å². The van der Waals surface area contributed by atoms with Crippen LogP contribution in [0.4, 0.5) is 0 Å². The van der Waals surface area contributed by atoms with E-state index in [4.69, 9.17) is 0 Å². The number of rotatable bonds is 1. The number of allylic oxidation sites excluding steroid dienone is 1. The predicted molar refractivity (Wildman–Crippen MR) is 90.5 cm³/mol. The van der Waals surface area contributed by atoms with Crippen molar-refractivity contribution < 1.29 is 4.79 Å². The Labute approximate surface area is 135 Å². The fourth-order valence-electron chi connectivity index (χ4n) is 7.34. The van der Waals surface area contributed by atoms with E-state index in [9.17, 15) is 4.79 Å². The molecule has 0 bridgehead atoms. The molecular formula is C21H32O. The molecule has 0 aromatic carbocycles. The SMILES string of the molecule is CCC1CCC2C3CCC4=CC(=O)CC[C@]4(C)C3CCC12C. The van der Waals surface area contributed by atoms with E-state index < -0.39 is 0 Å². The van der Waals surface area contributed by atoms with E-state index in [-0.39, 0.29) is 0 Å². The molecule has 5 unspecified atom stereocenters. The highest BCUT2D eigenvalue weighted by atomic mass is 16.1. The summed E-state index contributed by atoms with van der Waals surface area (Å²) in [6.45, 7) is 7.52. The third kappa shape index (κ3) is 1.86. The smallest absolute Gasteiger partial charge is 0.155 e. The normalized spacial score (nSPS) is 50.9. The van der Waals surface area contributed by atoms with Crippen molar-refractivity contribution in [1.82, 2.24) is 0 Å². The van der Waals surface area contributed by atoms with Crippen LogP contribution in [0.25, 0.3) is 0 Å². The van der Waals surface area contributed by atoms with Crippen LogP contribution in [0.15, 0.2) is 11.6 Å². The van der Waals surface area contributed by atoms with Gasteiger partial charge in [0.2, 0.25) is 0 Å². The first-order valence-electron chi connectivity index (χ1n) is 9.73. The summed E-state index contributed by atoms with van der Waals surface area (Å²) in [7, 11) is 0. The summed E-state index contributed by atoms with van der Waals surface area (Å²) in [5, 5.41) is 0. The van der Waals surface area contributed by atoms with Gasteiger partial charge in [-0.3, -0.25) is 4.79 Å². The van der Waals surface area contributed by atoms with Crippen LogP contribution in [0.2, 0.25) is 0 Å². The first kappa shape index (κ1) is 15.0. The predicted octanol–water partition coefficient (Wildman–Crippen LogP) is 5.54. The van der Waals surface area contributed by atoms with E-state index in [1.54, 1.807) is 0 Å². The molecule has 4 rings (SSSR count). The highest BCUT2D eigenvalue weighted by Gasteiger charge is 2.58. The molecule has 0 aliphatic heterocycles. The molecule has 4 aliphatic rings. The summed E-state index contributed by atoms with van der Waals surface area (Å²) in [5.74, 6) is 4.11. The standard InChI is InChI=1S/C21H32O/c1-4-14-6-8-18-17-7-5-15-13-16(22)9-11-21(15,3)19(17)10-12-20(14,18)2/h13-14,17-19H,4-12H2,1-3H3/t14?,17?,18?,19?,20?,21-/m0/s1. The molecule has 0 aromatic rings. The fraction of sp³-hybridized carbons (Fsp3) is 0.857. The minimum atomic E-state index is 0.350. The lowest BCUT2D eigenvalue weighted by atomic mass is 9.47. The van der Waals surface area contributed by atoms with Gasteiger partial charge < -0.3 is 0 Å². The van der Waals surface area contributed by atoms with Gasteiger partial charge in [0.15, 0.2) is 5.78 Å². The van der Waals surface area contributed by atoms with Crippen molar-refractivity contribution in [2.45, 2.75) is 78.6 Å². The fourth-order valence-corrected chi connectivity index (χ4v) is 7.34. The quantitative estimate of drug-likeness (QED) is 0.621. The van der Waals surface area contributed by atoms with Gasteiger partial charge in [-0.2, -0.15) is 0 Å².